The molecule has 7 nitrogen and oxygen atoms in total. The van der Waals surface area contributed by atoms with E-state index in [-0.39, 0.29) is 36.9 Å². The smallest absolute Gasteiger partial charge is 0.248 e. The van der Waals surface area contributed by atoms with Gasteiger partial charge in [-0.3, -0.25) is 9.59 Å². The van der Waals surface area contributed by atoms with Crippen molar-refractivity contribution < 1.29 is 23.5 Å². The Bertz CT molecular complexity index is 634. The van der Waals surface area contributed by atoms with E-state index in [1.807, 2.05) is 18.7 Å². The second kappa shape index (κ2) is 11.6. The average Bonchev–Trinajstić information content (AvgIpc) is 2.68. The molecule has 1 N–H and O–H groups in total. The lowest BCUT2D eigenvalue weighted by Gasteiger charge is -2.36. The third kappa shape index (κ3) is 7.44. The van der Waals surface area contributed by atoms with Gasteiger partial charge in [-0.15, -0.1) is 0 Å². The highest BCUT2D eigenvalue weighted by molar-refractivity contribution is 5.79. The van der Waals surface area contributed by atoms with Crippen LogP contribution in [-0.4, -0.2) is 75.4 Å². The number of piperazine rings is 1. The zero-order valence-corrected chi connectivity index (χ0v) is 16.7. The van der Waals surface area contributed by atoms with Crippen LogP contribution in [0.5, 0.6) is 0 Å². The number of carbonyl (C=O) groups excluding carboxylic acids is 2. The molecular weight excluding hydrogens is 365 g/mol. The lowest BCUT2D eigenvalue weighted by Crippen LogP contribution is -2.50. The molecular formula is C20H30FN3O4. The van der Waals surface area contributed by atoms with Gasteiger partial charge >= 0.3 is 0 Å². The molecule has 0 bridgehead atoms. The Morgan fingerprint density at radius 3 is 2.54 bits per heavy atom. The van der Waals surface area contributed by atoms with Crippen molar-refractivity contribution in [2.24, 2.45) is 0 Å². The van der Waals surface area contributed by atoms with Crippen LogP contribution in [-0.2, 0) is 19.1 Å². The van der Waals surface area contributed by atoms with Crippen LogP contribution in [0.25, 0.3) is 0 Å². The van der Waals surface area contributed by atoms with E-state index in [0.717, 1.165) is 6.42 Å². The molecule has 0 radical (unpaired) electrons. The molecule has 28 heavy (non-hydrogen) atoms. The van der Waals surface area contributed by atoms with Crippen molar-refractivity contribution in [3.8, 4) is 0 Å². The predicted molar refractivity (Wildman–Crippen MR) is 105 cm³/mol. The highest BCUT2D eigenvalue weighted by Gasteiger charge is 2.22. The summed E-state index contributed by atoms with van der Waals surface area (Å²) in [5.41, 5.74) is 0.557. The van der Waals surface area contributed by atoms with Crippen LogP contribution < -0.4 is 10.2 Å². The molecule has 156 valence electrons. The molecule has 0 spiro atoms. The third-order valence-electron chi connectivity index (χ3n) is 4.38. The third-order valence-corrected chi connectivity index (χ3v) is 4.38. The monoisotopic (exact) mass is 395 g/mol. The maximum atomic E-state index is 13.9. The number of rotatable bonds is 10. The number of nitrogens with one attached hydrogen (secondary N) is 1. The molecule has 2 rings (SSSR count). The first kappa shape index (κ1) is 22.1. The highest BCUT2D eigenvalue weighted by atomic mass is 19.1. The number of carbonyl (C=O) groups is 2. The molecule has 1 aliphatic heterocycles. The van der Waals surface area contributed by atoms with Gasteiger partial charge in [0.1, 0.15) is 19.0 Å². The van der Waals surface area contributed by atoms with Gasteiger partial charge in [-0.2, -0.15) is 0 Å². The fourth-order valence-electron chi connectivity index (χ4n) is 2.90. The number of halogens is 1. The van der Waals surface area contributed by atoms with Crippen molar-refractivity contribution in [3.63, 3.8) is 0 Å². The van der Waals surface area contributed by atoms with Gasteiger partial charge < -0.3 is 24.6 Å². The molecule has 1 saturated heterocycles. The fraction of sp³-hybridized carbons (Fsp3) is 0.600. The van der Waals surface area contributed by atoms with Gasteiger partial charge in [0, 0.05) is 39.3 Å². The number of para-hydroxylation sites is 1. The van der Waals surface area contributed by atoms with E-state index in [2.05, 4.69) is 5.32 Å². The summed E-state index contributed by atoms with van der Waals surface area (Å²) in [4.78, 5) is 27.5. The number of anilines is 1. The number of nitrogens with zero attached hydrogens (tertiary/aromatic N) is 2. The Morgan fingerprint density at radius 1 is 1.14 bits per heavy atom. The topological polar surface area (TPSA) is 71.1 Å². The normalized spacial score (nSPS) is 14.4. The second-order valence-electron chi connectivity index (χ2n) is 6.94. The molecule has 1 aromatic rings. The van der Waals surface area contributed by atoms with E-state index in [1.165, 1.54) is 6.07 Å². The van der Waals surface area contributed by atoms with Crippen molar-refractivity contribution in [3.05, 3.63) is 30.1 Å². The number of benzene rings is 1. The van der Waals surface area contributed by atoms with Crippen LogP contribution in [0.15, 0.2) is 24.3 Å². The quantitative estimate of drug-likeness (QED) is 0.607. The first-order valence-electron chi connectivity index (χ1n) is 9.70. The molecule has 1 aliphatic rings. The van der Waals surface area contributed by atoms with Crippen molar-refractivity contribution >= 4 is 17.5 Å². The van der Waals surface area contributed by atoms with Crippen LogP contribution in [0.3, 0.4) is 0 Å². The van der Waals surface area contributed by atoms with Gasteiger partial charge in [-0.1, -0.05) is 12.1 Å². The Hall–Kier alpha value is -2.19. The molecule has 1 fully saturated rings. The Morgan fingerprint density at radius 2 is 1.86 bits per heavy atom. The van der Waals surface area contributed by atoms with E-state index in [9.17, 15) is 14.0 Å². The van der Waals surface area contributed by atoms with Crippen molar-refractivity contribution in [2.45, 2.75) is 26.4 Å². The fourth-order valence-corrected chi connectivity index (χ4v) is 2.90. The van der Waals surface area contributed by atoms with Crippen LogP contribution in [0.2, 0.25) is 0 Å². The maximum Gasteiger partial charge on any atom is 0.248 e. The van der Waals surface area contributed by atoms with Crippen LogP contribution in [0.4, 0.5) is 10.1 Å². The molecule has 1 aromatic carbocycles. The molecule has 1 heterocycles. The number of ether oxygens (including phenoxy) is 2. The van der Waals surface area contributed by atoms with E-state index in [1.54, 1.807) is 23.1 Å². The summed E-state index contributed by atoms with van der Waals surface area (Å²) >= 11 is 0. The Kier molecular flexibility index (Phi) is 9.16. The summed E-state index contributed by atoms with van der Waals surface area (Å²) in [6.45, 7) is 6.87. The molecule has 0 aromatic heterocycles. The zero-order chi connectivity index (χ0) is 20.4. The van der Waals surface area contributed by atoms with Gasteiger partial charge in [0.15, 0.2) is 0 Å². The first-order valence-corrected chi connectivity index (χ1v) is 9.70. The molecule has 8 heteroatoms. The lowest BCUT2D eigenvalue weighted by atomic mass is 10.2. The van der Waals surface area contributed by atoms with Crippen LogP contribution in [0, 0.1) is 5.82 Å². The largest absolute Gasteiger partial charge is 0.379 e. The van der Waals surface area contributed by atoms with E-state index in [4.69, 9.17) is 9.47 Å². The number of hydrogen-bond acceptors (Lipinski definition) is 5. The summed E-state index contributed by atoms with van der Waals surface area (Å²) in [5.74, 6) is -0.666. The standard InChI is InChI=1S/C20H30FN3O4/c1-16(2)28-13-5-8-22-19(25)14-27-15-20(26)24-11-9-23(10-12-24)18-7-4-3-6-17(18)21/h3-4,6-7,16H,5,8-15H2,1-2H3,(H,22,25). The first-order chi connectivity index (χ1) is 13.5. The summed E-state index contributed by atoms with van der Waals surface area (Å²) < 4.78 is 24.5. The zero-order valence-electron chi connectivity index (χ0n) is 16.7. The minimum absolute atomic E-state index is 0.135. The molecule has 2 amide bonds. The average molecular weight is 395 g/mol. The van der Waals surface area contributed by atoms with E-state index < -0.39 is 0 Å². The number of hydrogen-bond donors (Lipinski definition) is 1. The summed E-state index contributed by atoms with van der Waals surface area (Å²) in [6, 6.07) is 6.63. The van der Waals surface area contributed by atoms with Gasteiger partial charge in [0.05, 0.1) is 11.8 Å². The van der Waals surface area contributed by atoms with Crippen molar-refractivity contribution in [1.82, 2.24) is 10.2 Å². The Labute approximate surface area is 165 Å². The minimum Gasteiger partial charge on any atom is -0.379 e. The lowest BCUT2D eigenvalue weighted by molar-refractivity contribution is -0.138. The van der Waals surface area contributed by atoms with E-state index >= 15 is 0 Å². The van der Waals surface area contributed by atoms with Gasteiger partial charge in [0.2, 0.25) is 11.8 Å². The SMILES string of the molecule is CC(C)OCCCNC(=O)COCC(=O)N1CCN(c2ccccc2F)CC1. The second-order valence-corrected chi connectivity index (χ2v) is 6.94. The van der Waals surface area contributed by atoms with E-state index in [0.29, 0.717) is 45.0 Å². The predicted octanol–water partition coefficient (Wildman–Crippen LogP) is 1.42. The number of amides is 2. The van der Waals surface area contributed by atoms with Gasteiger partial charge in [-0.25, -0.2) is 4.39 Å². The van der Waals surface area contributed by atoms with Crippen LogP contribution >= 0.6 is 0 Å². The molecule has 0 saturated carbocycles. The molecule has 0 aliphatic carbocycles. The highest BCUT2D eigenvalue weighted by Crippen LogP contribution is 2.20. The van der Waals surface area contributed by atoms with Crippen LogP contribution in [0.1, 0.15) is 20.3 Å². The van der Waals surface area contributed by atoms with Crippen molar-refractivity contribution in [1.29, 1.82) is 0 Å². The summed E-state index contributed by atoms with van der Waals surface area (Å²) in [7, 11) is 0. The molecule has 0 unspecified atom stereocenters. The summed E-state index contributed by atoms with van der Waals surface area (Å²) in [5, 5.41) is 2.73. The van der Waals surface area contributed by atoms with Crippen molar-refractivity contribution in [2.75, 3.05) is 57.4 Å². The van der Waals surface area contributed by atoms with Gasteiger partial charge in [-0.05, 0) is 32.4 Å². The minimum atomic E-state index is -0.257. The summed E-state index contributed by atoms with van der Waals surface area (Å²) in [6.07, 6.45) is 0.911. The molecule has 0 atom stereocenters. The Balaban J connectivity index is 1.59. The maximum absolute atomic E-state index is 13.9. The van der Waals surface area contributed by atoms with Gasteiger partial charge in [0.25, 0.3) is 0 Å².